The minimum Gasteiger partial charge on any atom is -0.493 e. The zero-order chi connectivity index (χ0) is 14.4. The summed E-state index contributed by atoms with van der Waals surface area (Å²) in [5.74, 6) is 1.58. The number of aldehydes is 1. The van der Waals surface area contributed by atoms with Crippen molar-refractivity contribution in [1.82, 2.24) is 0 Å². The van der Waals surface area contributed by atoms with Crippen molar-refractivity contribution in [1.29, 1.82) is 0 Å². The van der Waals surface area contributed by atoms with Gasteiger partial charge in [0, 0.05) is 5.56 Å². The molecule has 2 rings (SSSR count). The van der Waals surface area contributed by atoms with E-state index < -0.39 is 0 Å². The lowest BCUT2D eigenvalue weighted by Gasteiger charge is -2.15. The molecule has 0 aliphatic rings. The first kappa shape index (κ1) is 14.1. The largest absolute Gasteiger partial charge is 0.493 e. The maximum absolute atomic E-state index is 10.7. The van der Waals surface area contributed by atoms with Crippen LogP contribution in [-0.2, 0) is 0 Å². The molecule has 0 saturated heterocycles. The molecule has 0 fully saturated rings. The van der Waals surface area contributed by atoms with Crippen LogP contribution >= 0.6 is 0 Å². The number of benzene rings is 2. The monoisotopic (exact) mass is 270 g/mol. The number of hydrogen-bond donors (Lipinski definition) is 0. The van der Waals surface area contributed by atoms with Gasteiger partial charge >= 0.3 is 0 Å². The first-order chi connectivity index (χ1) is 9.80. The van der Waals surface area contributed by atoms with Gasteiger partial charge in [-0.1, -0.05) is 30.3 Å². The summed E-state index contributed by atoms with van der Waals surface area (Å²) in [6.07, 6.45) is 0.835. The standard InChI is InChI=1S/C17H18O3/c1-3-19-15-6-5-7-16(20-4-2)17(15)14-10-8-13(12-18)9-11-14/h5-12H,3-4H2,1-2H3. The third-order valence-electron chi connectivity index (χ3n) is 2.92. The van der Waals surface area contributed by atoms with Crippen LogP contribution in [0.5, 0.6) is 11.5 Å². The fourth-order valence-corrected chi connectivity index (χ4v) is 2.08. The topological polar surface area (TPSA) is 35.5 Å². The first-order valence-corrected chi connectivity index (χ1v) is 6.74. The molecule has 0 heterocycles. The van der Waals surface area contributed by atoms with E-state index in [0.29, 0.717) is 18.8 Å². The van der Waals surface area contributed by atoms with E-state index in [-0.39, 0.29) is 0 Å². The normalized spacial score (nSPS) is 10.1. The maximum Gasteiger partial charge on any atom is 0.150 e. The van der Waals surface area contributed by atoms with E-state index in [1.807, 2.05) is 44.2 Å². The zero-order valence-corrected chi connectivity index (χ0v) is 11.8. The highest BCUT2D eigenvalue weighted by Gasteiger charge is 2.12. The number of rotatable bonds is 6. The summed E-state index contributed by atoms with van der Waals surface area (Å²) in [4.78, 5) is 10.7. The molecule has 0 unspecified atom stereocenters. The Bertz CT molecular complexity index is 549. The van der Waals surface area contributed by atoms with Gasteiger partial charge in [-0.05, 0) is 31.5 Å². The molecule has 0 radical (unpaired) electrons. The lowest BCUT2D eigenvalue weighted by atomic mass is 10.0. The van der Waals surface area contributed by atoms with Gasteiger partial charge in [0.1, 0.15) is 17.8 Å². The minimum atomic E-state index is 0.592. The average Bonchev–Trinajstić information content (AvgIpc) is 2.48. The molecule has 0 bridgehead atoms. The molecule has 2 aromatic rings. The molecular weight excluding hydrogens is 252 g/mol. The van der Waals surface area contributed by atoms with Gasteiger partial charge in [-0.3, -0.25) is 4.79 Å². The molecule has 0 aliphatic heterocycles. The van der Waals surface area contributed by atoms with Gasteiger partial charge in [0.2, 0.25) is 0 Å². The zero-order valence-electron chi connectivity index (χ0n) is 11.8. The summed E-state index contributed by atoms with van der Waals surface area (Å²) in [5.41, 5.74) is 2.55. The van der Waals surface area contributed by atoms with E-state index in [0.717, 1.165) is 28.9 Å². The van der Waals surface area contributed by atoms with Crippen LogP contribution in [0, 0.1) is 0 Å². The van der Waals surface area contributed by atoms with E-state index in [4.69, 9.17) is 9.47 Å². The van der Waals surface area contributed by atoms with Gasteiger partial charge in [-0.25, -0.2) is 0 Å². The van der Waals surface area contributed by atoms with E-state index in [9.17, 15) is 4.79 Å². The Labute approximate surface area is 119 Å². The molecule has 0 atom stereocenters. The summed E-state index contributed by atoms with van der Waals surface area (Å²) in [6.45, 7) is 5.09. The van der Waals surface area contributed by atoms with Crippen LogP contribution in [0.3, 0.4) is 0 Å². The second-order valence-electron chi connectivity index (χ2n) is 4.24. The van der Waals surface area contributed by atoms with E-state index in [2.05, 4.69) is 0 Å². The molecule has 0 aromatic heterocycles. The first-order valence-electron chi connectivity index (χ1n) is 6.74. The Morgan fingerprint density at radius 2 is 1.45 bits per heavy atom. The van der Waals surface area contributed by atoms with Gasteiger partial charge in [0.15, 0.2) is 0 Å². The smallest absolute Gasteiger partial charge is 0.150 e. The molecule has 0 aliphatic carbocycles. The van der Waals surface area contributed by atoms with Crippen molar-refractivity contribution < 1.29 is 14.3 Å². The van der Waals surface area contributed by atoms with Crippen molar-refractivity contribution in [2.45, 2.75) is 13.8 Å². The van der Waals surface area contributed by atoms with Crippen LogP contribution in [0.15, 0.2) is 42.5 Å². The highest BCUT2D eigenvalue weighted by molar-refractivity contribution is 5.80. The summed E-state index contributed by atoms with van der Waals surface area (Å²) in [6, 6.07) is 13.2. The summed E-state index contributed by atoms with van der Waals surface area (Å²) in [5, 5.41) is 0. The highest BCUT2D eigenvalue weighted by atomic mass is 16.5. The molecule has 2 aromatic carbocycles. The van der Waals surface area contributed by atoms with Crippen molar-refractivity contribution in [3.63, 3.8) is 0 Å². The van der Waals surface area contributed by atoms with Crippen LogP contribution < -0.4 is 9.47 Å². The van der Waals surface area contributed by atoms with Gasteiger partial charge in [-0.15, -0.1) is 0 Å². The number of ether oxygens (including phenoxy) is 2. The lowest BCUT2D eigenvalue weighted by Crippen LogP contribution is -1.99. The number of hydrogen-bond acceptors (Lipinski definition) is 3. The molecule has 104 valence electrons. The summed E-state index contributed by atoms with van der Waals surface area (Å²) in [7, 11) is 0. The Morgan fingerprint density at radius 1 is 0.900 bits per heavy atom. The van der Waals surface area contributed by atoms with Gasteiger partial charge in [0.25, 0.3) is 0 Å². The van der Waals surface area contributed by atoms with Crippen LogP contribution in [0.4, 0.5) is 0 Å². The van der Waals surface area contributed by atoms with Crippen molar-refractivity contribution in [3.8, 4) is 22.6 Å². The van der Waals surface area contributed by atoms with Crippen molar-refractivity contribution in [3.05, 3.63) is 48.0 Å². The van der Waals surface area contributed by atoms with Crippen LogP contribution in [0.25, 0.3) is 11.1 Å². The van der Waals surface area contributed by atoms with E-state index in [1.54, 1.807) is 12.1 Å². The highest BCUT2D eigenvalue weighted by Crippen LogP contribution is 2.38. The quantitative estimate of drug-likeness (QED) is 0.745. The number of carbonyl (C=O) groups is 1. The van der Waals surface area contributed by atoms with Crippen LogP contribution in [0.2, 0.25) is 0 Å². The summed E-state index contributed by atoms with van der Waals surface area (Å²) < 4.78 is 11.4. The summed E-state index contributed by atoms with van der Waals surface area (Å²) >= 11 is 0. The fraction of sp³-hybridized carbons (Fsp3) is 0.235. The molecule has 0 spiro atoms. The molecular formula is C17H18O3. The SMILES string of the molecule is CCOc1cccc(OCC)c1-c1ccc(C=O)cc1. The average molecular weight is 270 g/mol. The van der Waals surface area contributed by atoms with E-state index >= 15 is 0 Å². The Morgan fingerprint density at radius 3 is 1.90 bits per heavy atom. The Hall–Kier alpha value is -2.29. The van der Waals surface area contributed by atoms with Gasteiger partial charge in [0.05, 0.1) is 18.8 Å². The van der Waals surface area contributed by atoms with Crippen molar-refractivity contribution in [2.24, 2.45) is 0 Å². The molecule has 3 heteroatoms. The molecule has 0 saturated carbocycles. The van der Waals surface area contributed by atoms with Crippen LogP contribution in [-0.4, -0.2) is 19.5 Å². The third kappa shape index (κ3) is 2.99. The number of carbonyl (C=O) groups excluding carboxylic acids is 1. The van der Waals surface area contributed by atoms with Crippen LogP contribution in [0.1, 0.15) is 24.2 Å². The third-order valence-corrected chi connectivity index (χ3v) is 2.92. The predicted molar refractivity (Wildman–Crippen MR) is 79.6 cm³/mol. The second-order valence-corrected chi connectivity index (χ2v) is 4.24. The van der Waals surface area contributed by atoms with E-state index in [1.165, 1.54) is 0 Å². The minimum absolute atomic E-state index is 0.592. The van der Waals surface area contributed by atoms with Crippen molar-refractivity contribution in [2.75, 3.05) is 13.2 Å². The maximum atomic E-state index is 10.7. The Kier molecular flexibility index (Phi) is 4.77. The van der Waals surface area contributed by atoms with Gasteiger partial charge < -0.3 is 9.47 Å². The Balaban J connectivity index is 2.52. The molecule has 20 heavy (non-hydrogen) atoms. The molecule has 0 amide bonds. The predicted octanol–water partition coefficient (Wildman–Crippen LogP) is 3.96. The van der Waals surface area contributed by atoms with Crippen molar-refractivity contribution >= 4 is 6.29 Å². The molecule has 3 nitrogen and oxygen atoms in total. The lowest BCUT2D eigenvalue weighted by molar-refractivity contribution is 0.112. The van der Waals surface area contributed by atoms with Gasteiger partial charge in [-0.2, -0.15) is 0 Å². The second kappa shape index (κ2) is 6.75. The fourth-order valence-electron chi connectivity index (χ4n) is 2.08. The molecule has 0 N–H and O–H groups in total.